The molecule has 5 nitrogen and oxygen atoms in total. The average Bonchev–Trinajstić information content (AvgIpc) is 2.40. The van der Waals surface area contributed by atoms with Crippen molar-refractivity contribution >= 4 is 6.09 Å². The van der Waals surface area contributed by atoms with Crippen molar-refractivity contribution in [3.63, 3.8) is 0 Å². The fourth-order valence-corrected chi connectivity index (χ4v) is 2.30. The Morgan fingerprint density at radius 3 is 2.62 bits per heavy atom. The van der Waals surface area contributed by atoms with Gasteiger partial charge in [-0.3, -0.25) is 9.80 Å². The SMILES string of the molecule is CC(C)(C)OC(=O)N1CCN2CC(O)C1C2. The highest BCUT2D eigenvalue weighted by molar-refractivity contribution is 5.69. The maximum Gasteiger partial charge on any atom is 0.410 e. The first-order valence-electron chi connectivity index (χ1n) is 5.77. The first-order chi connectivity index (χ1) is 7.37. The lowest BCUT2D eigenvalue weighted by atomic mass is 10.1. The zero-order valence-corrected chi connectivity index (χ0v) is 10.1. The number of fused-ring (bicyclic) bond motifs is 2. The molecule has 2 bridgehead atoms. The van der Waals surface area contributed by atoms with Crippen molar-refractivity contribution in [2.75, 3.05) is 26.2 Å². The third kappa shape index (κ3) is 2.30. The summed E-state index contributed by atoms with van der Waals surface area (Å²) in [6, 6.07) is -0.0939. The molecular weight excluding hydrogens is 208 g/mol. The molecule has 1 N–H and O–H groups in total. The van der Waals surface area contributed by atoms with E-state index in [4.69, 9.17) is 4.74 Å². The Morgan fingerprint density at radius 2 is 2.00 bits per heavy atom. The quantitative estimate of drug-likeness (QED) is 0.647. The van der Waals surface area contributed by atoms with Gasteiger partial charge in [-0.15, -0.1) is 0 Å². The summed E-state index contributed by atoms with van der Waals surface area (Å²) in [6.45, 7) is 8.47. The van der Waals surface area contributed by atoms with Crippen molar-refractivity contribution in [2.45, 2.75) is 38.5 Å². The number of aliphatic hydroxyl groups excluding tert-OH is 1. The van der Waals surface area contributed by atoms with Gasteiger partial charge in [-0.25, -0.2) is 4.79 Å². The summed E-state index contributed by atoms with van der Waals surface area (Å²) in [5.74, 6) is 0. The molecule has 0 aromatic rings. The summed E-state index contributed by atoms with van der Waals surface area (Å²) in [7, 11) is 0. The molecule has 0 radical (unpaired) electrons. The van der Waals surface area contributed by atoms with Gasteiger partial charge in [-0.2, -0.15) is 0 Å². The summed E-state index contributed by atoms with van der Waals surface area (Å²) in [6.07, 6.45) is -0.742. The first kappa shape index (κ1) is 11.7. The van der Waals surface area contributed by atoms with Crippen LogP contribution in [0.4, 0.5) is 4.79 Å². The fourth-order valence-electron chi connectivity index (χ4n) is 2.30. The van der Waals surface area contributed by atoms with Crippen LogP contribution in [-0.4, -0.2) is 64.9 Å². The lowest BCUT2D eigenvalue weighted by Gasteiger charge is -2.35. The van der Waals surface area contributed by atoms with Gasteiger partial charge in [-0.1, -0.05) is 0 Å². The van der Waals surface area contributed by atoms with E-state index in [1.165, 1.54) is 0 Å². The Labute approximate surface area is 96.0 Å². The molecule has 1 amide bonds. The molecular formula is C11H20N2O3. The third-order valence-electron chi connectivity index (χ3n) is 3.02. The van der Waals surface area contributed by atoms with E-state index in [2.05, 4.69) is 4.90 Å². The van der Waals surface area contributed by atoms with E-state index in [9.17, 15) is 9.90 Å². The predicted molar refractivity (Wildman–Crippen MR) is 59.2 cm³/mol. The van der Waals surface area contributed by atoms with E-state index in [1.54, 1.807) is 4.90 Å². The highest BCUT2D eigenvalue weighted by Gasteiger charge is 2.42. The van der Waals surface area contributed by atoms with E-state index in [-0.39, 0.29) is 12.1 Å². The van der Waals surface area contributed by atoms with Gasteiger partial charge in [0.25, 0.3) is 0 Å². The van der Waals surface area contributed by atoms with Crippen LogP contribution >= 0.6 is 0 Å². The Hall–Kier alpha value is -0.810. The number of hydrogen-bond acceptors (Lipinski definition) is 4. The van der Waals surface area contributed by atoms with Gasteiger partial charge in [0.1, 0.15) is 5.60 Å². The van der Waals surface area contributed by atoms with Crippen molar-refractivity contribution < 1.29 is 14.6 Å². The lowest BCUT2D eigenvalue weighted by Crippen LogP contribution is -2.53. The summed E-state index contributed by atoms with van der Waals surface area (Å²) in [5.41, 5.74) is -0.474. The minimum Gasteiger partial charge on any atom is -0.444 e. The van der Waals surface area contributed by atoms with Crippen LogP contribution in [0.1, 0.15) is 20.8 Å². The fraction of sp³-hybridized carbons (Fsp3) is 0.909. The summed E-state index contributed by atoms with van der Waals surface area (Å²) >= 11 is 0. The van der Waals surface area contributed by atoms with Crippen molar-refractivity contribution in [2.24, 2.45) is 0 Å². The van der Waals surface area contributed by atoms with E-state index in [1.807, 2.05) is 20.8 Å². The molecule has 2 aliphatic heterocycles. The number of nitrogens with zero attached hydrogens (tertiary/aromatic N) is 2. The van der Waals surface area contributed by atoms with E-state index >= 15 is 0 Å². The first-order valence-corrected chi connectivity index (χ1v) is 5.77. The molecule has 92 valence electrons. The van der Waals surface area contributed by atoms with Gasteiger partial charge >= 0.3 is 6.09 Å². The molecule has 2 rings (SSSR count). The van der Waals surface area contributed by atoms with Crippen LogP contribution < -0.4 is 0 Å². The third-order valence-corrected chi connectivity index (χ3v) is 3.02. The highest BCUT2D eigenvalue weighted by Crippen LogP contribution is 2.23. The molecule has 0 aromatic heterocycles. The monoisotopic (exact) mass is 228 g/mol. The van der Waals surface area contributed by atoms with Crippen LogP contribution in [0.2, 0.25) is 0 Å². The smallest absolute Gasteiger partial charge is 0.410 e. The summed E-state index contributed by atoms with van der Waals surface area (Å²) in [5, 5.41) is 9.83. The molecule has 2 fully saturated rings. The van der Waals surface area contributed by atoms with E-state index in [0.717, 1.165) is 13.1 Å². The second kappa shape index (κ2) is 3.89. The van der Waals surface area contributed by atoms with Gasteiger partial charge in [0, 0.05) is 26.2 Å². The molecule has 2 saturated heterocycles. The Balaban J connectivity index is 2.01. The van der Waals surface area contributed by atoms with Gasteiger partial charge < -0.3 is 9.84 Å². The number of piperazine rings is 1. The van der Waals surface area contributed by atoms with Crippen LogP contribution in [0.3, 0.4) is 0 Å². The molecule has 2 aliphatic rings. The molecule has 0 saturated carbocycles. The second-order valence-electron chi connectivity index (χ2n) is 5.57. The van der Waals surface area contributed by atoms with Gasteiger partial charge in [0.2, 0.25) is 0 Å². The van der Waals surface area contributed by atoms with Crippen molar-refractivity contribution in [1.29, 1.82) is 0 Å². The molecule has 16 heavy (non-hydrogen) atoms. The number of amides is 1. The molecule has 3 atom stereocenters. The standard InChI is InChI=1S/C11H20N2O3/c1-11(2,3)16-10(15)13-5-4-12-6-8(13)9(14)7-12/h8-9,14H,4-7H2,1-3H3. The number of carbonyl (C=O) groups excluding carboxylic acids is 1. The van der Waals surface area contributed by atoms with Crippen molar-refractivity contribution in [1.82, 2.24) is 9.80 Å². The van der Waals surface area contributed by atoms with E-state index < -0.39 is 11.7 Å². The van der Waals surface area contributed by atoms with Crippen molar-refractivity contribution in [3.05, 3.63) is 0 Å². The number of aliphatic hydroxyl groups is 1. The molecule has 3 unspecified atom stereocenters. The van der Waals surface area contributed by atoms with Crippen LogP contribution in [0.25, 0.3) is 0 Å². The Morgan fingerprint density at radius 1 is 1.31 bits per heavy atom. The van der Waals surface area contributed by atoms with E-state index in [0.29, 0.717) is 13.1 Å². The second-order valence-corrected chi connectivity index (χ2v) is 5.57. The number of hydrogen-bond donors (Lipinski definition) is 1. The zero-order chi connectivity index (χ0) is 11.9. The largest absolute Gasteiger partial charge is 0.444 e. The van der Waals surface area contributed by atoms with Gasteiger partial charge in [0.15, 0.2) is 0 Å². The van der Waals surface area contributed by atoms with Crippen molar-refractivity contribution in [3.8, 4) is 0 Å². The topological polar surface area (TPSA) is 53.0 Å². The minimum absolute atomic E-state index is 0.0939. The zero-order valence-electron chi connectivity index (χ0n) is 10.1. The Bertz CT molecular complexity index is 287. The highest BCUT2D eigenvalue weighted by atomic mass is 16.6. The normalized spacial score (nSPS) is 34.0. The van der Waals surface area contributed by atoms with Gasteiger partial charge in [0.05, 0.1) is 12.1 Å². The van der Waals surface area contributed by atoms with Crippen LogP contribution in [0.15, 0.2) is 0 Å². The summed E-state index contributed by atoms with van der Waals surface area (Å²) in [4.78, 5) is 15.8. The Kier molecular flexibility index (Phi) is 2.84. The maximum absolute atomic E-state index is 11.9. The van der Waals surface area contributed by atoms with Crippen LogP contribution in [-0.2, 0) is 4.74 Å². The van der Waals surface area contributed by atoms with Crippen LogP contribution in [0, 0.1) is 0 Å². The van der Waals surface area contributed by atoms with Gasteiger partial charge in [-0.05, 0) is 20.8 Å². The molecule has 2 heterocycles. The lowest BCUT2D eigenvalue weighted by molar-refractivity contribution is -0.0000875. The molecule has 0 aromatic carbocycles. The molecule has 0 aliphatic carbocycles. The number of carbonyl (C=O) groups is 1. The minimum atomic E-state index is -0.474. The molecule has 5 heteroatoms. The number of rotatable bonds is 0. The van der Waals surface area contributed by atoms with Crippen LogP contribution in [0.5, 0.6) is 0 Å². The number of ether oxygens (including phenoxy) is 1. The summed E-state index contributed by atoms with van der Waals surface area (Å²) < 4.78 is 5.33. The predicted octanol–water partition coefficient (Wildman–Crippen LogP) is 0.282. The average molecular weight is 228 g/mol. The maximum atomic E-state index is 11.9. The molecule has 0 spiro atoms.